The van der Waals surface area contributed by atoms with Gasteiger partial charge in [0.15, 0.2) is 0 Å². The zero-order chi connectivity index (χ0) is 15.9. The Labute approximate surface area is 131 Å². The number of nitrogens with zero attached hydrogens (tertiary/aromatic N) is 1. The highest BCUT2D eigenvalue weighted by molar-refractivity contribution is 6.39. The summed E-state index contributed by atoms with van der Waals surface area (Å²) < 4.78 is 5.35. The molecule has 1 aromatic rings. The average molecular weight is 304 g/mol. The van der Waals surface area contributed by atoms with Crippen molar-refractivity contribution in [1.29, 1.82) is 0 Å². The Balaban J connectivity index is 1.97. The molecule has 120 valence electrons. The molecule has 5 heteroatoms. The van der Waals surface area contributed by atoms with Crippen LogP contribution in [0.1, 0.15) is 39.5 Å². The number of carbonyl (C=O) groups is 2. The van der Waals surface area contributed by atoms with Crippen LogP contribution in [0.15, 0.2) is 24.3 Å². The number of hydrogen-bond donors (Lipinski definition) is 1. The van der Waals surface area contributed by atoms with Gasteiger partial charge in [0.25, 0.3) is 0 Å². The van der Waals surface area contributed by atoms with Crippen LogP contribution < -0.4 is 10.1 Å². The molecule has 0 spiro atoms. The largest absolute Gasteiger partial charge is 0.494 e. The fourth-order valence-electron chi connectivity index (χ4n) is 2.81. The Morgan fingerprint density at radius 2 is 1.95 bits per heavy atom. The molecule has 1 aliphatic heterocycles. The zero-order valence-corrected chi connectivity index (χ0v) is 13.3. The molecule has 1 aliphatic rings. The first-order chi connectivity index (χ1) is 10.7. The Morgan fingerprint density at radius 1 is 1.23 bits per heavy atom. The maximum Gasteiger partial charge on any atom is 0.313 e. The molecule has 5 nitrogen and oxygen atoms in total. The van der Waals surface area contributed by atoms with E-state index in [1.54, 1.807) is 29.2 Å². The summed E-state index contributed by atoms with van der Waals surface area (Å²) in [6.07, 6.45) is 3.97. The van der Waals surface area contributed by atoms with Gasteiger partial charge >= 0.3 is 11.8 Å². The van der Waals surface area contributed by atoms with E-state index in [0.717, 1.165) is 31.4 Å². The van der Waals surface area contributed by atoms with Crippen LogP contribution in [-0.2, 0) is 9.59 Å². The standard InChI is InChI=1S/C17H24N2O3/c1-3-14-7-5-6-12-19(14)17(21)16(20)18-13-8-10-15(11-9-13)22-4-2/h8-11,14H,3-7,12H2,1-2H3,(H,18,20). The molecule has 0 aliphatic carbocycles. The van der Waals surface area contributed by atoms with E-state index in [2.05, 4.69) is 12.2 Å². The molecule has 2 amide bonds. The van der Waals surface area contributed by atoms with Gasteiger partial charge in [0.05, 0.1) is 6.61 Å². The zero-order valence-electron chi connectivity index (χ0n) is 13.3. The minimum Gasteiger partial charge on any atom is -0.494 e. The number of anilines is 1. The molecule has 1 saturated heterocycles. The summed E-state index contributed by atoms with van der Waals surface area (Å²) in [5.74, 6) is -0.251. The second kappa shape index (κ2) is 7.82. The second-order valence-electron chi connectivity index (χ2n) is 5.47. The van der Waals surface area contributed by atoms with Gasteiger partial charge in [-0.2, -0.15) is 0 Å². The van der Waals surface area contributed by atoms with Crippen molar-refractivity contribution in [2.75, 3.05) is 18.5 Å². The van der Waals surface area contributed by atoms with Crippen molar-refractivity contribution in [3.63, 3.8) is 0 Å². The Kier molecular flexibility index (Phi) is 5.81. The lowest BCUT2D eigenvalue weighted by atomic mass is 10.00. The quantitative estimate of drug-likeness (QED) is 0.870. The number of likely N-dealkylation sites (tertiary alicyclic amines) is 1. The van der Waals surface area contributed by atoms with Gasteiger partial charge in [0.1, 0.15) is 5.75 Å². The predicted octanol–water partition coefficient (Wildman–Crippen LogP) is 2.81. The van der Waals surface area contributed by atoms with E-state index in [-0.39, 0.29) is 6.04 Å². The average Bonchev–Trinajstić information content (AvgIpc) is 2.56. The predicted molar refractivity (Wildman–Crippen MR) is 85.9 cm³/mol. The SMILES string of the molecule is CCOc1ccc(NC(=O)C(=O)N2CCCCC2CC)cc1. The molecule has 0 bridgehead atoms. The van der Waals surface area contributed by atoms with Gasteiger partial charge in [-0.15, -0.1) is 0 Å². The van der Waals surface area contributed by atoms with E-state index in [9.17, 15) is 9.59 Å². The number of piperidine rings is 1. The Morgan fingerprint density at radius 3 is 2.59 bits per heavy atom. The molecule has 1 fully saturated rings. The van der Waals surface area contributed by atoms with E-state index in [0.29, 0.717) is 18.8 Å². The first kappa shape index (κ1) is 16.3. The summed E-state index contributed by atoms with van der Waals surface area (Å²) in [4.78, 5) is 26.2. The van der Waals surface area contributed by atoms with E-state index >= 15 is 0 Å². The molecule has 0 radical (unpaired) electrons. The van der Waals surface area contributed by atoms with Crippen LogP contribution in [-0.4, -0.2) is 35.9 Å². The van der Waals surface area contributed by atoms with Crippen molar-refractivity contribution in [2.24, 2.45) is 0 Å². The molecular formula is C17H24N2O3. The number of hydrogen-bond acceptors (Lipinski definition) is 3. The van der Waals surface area contributed by atoms with Crippen molar-refractivity contribution in [2.45, 2.75) is 45.6 Å². The number of carbonyl (C=O) groups excluding carboxylic acids is 2. The van der Waals surface area contributed by atoms with Crippen LogP contribution in [0.2, 0.25) is 0 Å². The number of ether oxygens (including phenoxy) is 1. The summed E-state index contributed by atoms with van der Waals surface area (Å²) in [5, 5.41) is 2.67. The highest BCUT2D eigenvalue weighted by atomic mass is 16.5. The van der Waals surface area contributed by atoms with Gasteiger partial charge in [-0.05, 0) is 56.9 Å². The third-order valence-corrected chi connectivity index (χ3v) is 3.98. The molecule has 1 unspecified atom stereocenters. The van der Waals surface area contributed by atoms with Gasteiger partial charge in [-0.3, -0.25) is 9.59 Å². The van der Waals surface area contributed by atoms with Crippen LogP contribution in [0.5, 0.6) is 5.75 Å². The lowest BCUT2D eigenvalue weighted by Crippen LogP contribution is -2.48. The number of benzene rings is 1. The first-order valence-electron chi connectivity index (χ1n) is 8.00. The highest BCUT2D eigenvalue weighted by Crippen LogP contribution is 2.20. The molecule has 22 heavy (non-hydrogen) atoms. The third-order valence-electron chi connectivity index (χ3n) is 3.98. The monoisotopic (exact) mass is 304 g/mol. The summed E-state index contributed by atoms with van der Waals surface area (Å²) in [7, 11) is 0. The molecule has 1 atom stereocenters. The van der Waals surface area contributed by atoms with Crippen molar-refractivity contribution in [3.05, 3.63) is 24.3 Å². The van der Waals surface area contributed by atoms with Crippen molar-refractivity contribution < 1.29 is 14.3 Å². The van der Waals surface area contributed by atoms with Gasteiger partial charge < -0.3 is 15.0 Å². The molecule has 1 heterocycles. The maximum atomic E-state index is 12.3. The van der Waals surface area contributed by atoms with E-state index in [1.165, 1.54) is 0 Å². The van der Waals surface area contributed by atoms with E-state index in [4.69, 9.17) is 4.74 Å². The molecule has 1 N–H and O–H groups in total. The van der Waals surface area contributed by atoms with Crippen molar-refractivity contribution in [3.8, 4) is 5.75 Å². The molecule has 2 rings (SSSR count). The Hall–Kier alpha value is -2.04. The summed E-state index contributed by atoms with van der Waals surface area (Å²) in [5.41, 5.74) is 0.604. The number of amides is 2. The summed E-state index contributed by atoms with van der Waals surface area (Å²) in [6.45, 7) is 5.24. The second-order valence-corrected chi connectivity index (χ2v) is 5.47. The lowest BCUT2D eigenvalue weighted by Gasteiger charge is -2.34. The summed E-state index contributed by atoms with van der Waals surface area (Å²) >= 11 is 0. The maximum absolute atomic E-state index is 12.3. The van der Waals surface area contributed by atoms with E-state index < -0.39 is 11.8 Å². The topological polar surface area (TPSA) is 58.6 Å². The lowest BCUT2D eigenvalue weighted by molar-refractivity contribution is -0.145. The Bertz CT molecular complexity index is 513. The molecule has 1 aromatic carbocycles. The van der Waals surface area contributed by atoms with Gasteiger partial charge in [0.2, 0.25) is 0 Å². The normalized spacial score (nSPS) is 17.9. The van der Waals surface area contributed by atoms with Crippen molar-refractivity contribution >= 4 is 17.5 Å². The van der Waals surface area contributed by atoms with Gasteiger partial charge in [-0.1, -0.05) is 6.92 Å². The van der Waals surface area contributed by atoms with Crippen molar-refractivity contribution in [1.82, 2.24) is 4.90 Å². The molecule has 0 aromatic heterocycles. The van der Waals surface area contributed by atoms with Crippen LogP contribution in [0.25, 0.3) is 0 Å². The molecular weight excluding hydrogens is 280 g/mol. The first-order valence-corrected chi connectivity index (χ1v) is 8.00. The number of nitrogens with one attached hydrogen (secondary N) is 1. The minimum absolute atomic E-state index is 0.187. The van der Waals surface area contributed by atoms with Gasteiger partial charge in [-0.25, -0.2) is 0 Å². The fourth-order valence-corrected chi connectivity index (χ4v) is 2.81. The van der Waals surface area contributed by atoms with Crippen LogP contribution in [0.3, 0.4) is 0 Å². The third kappa shape index (κ3) is 4.00. The number of rotatable bonds is 4. The van der Waals surface area contributed by atoms with Crippen LogP contribution >= 0.6 is 0 Å². The van der Waals surface area contributed by atoms with Crippen LogP contribution in [0.4, 0.5) is 5.69 Å². The van der Waals surface area contributed by atoms with Gasteiger partial charge in [0, 0.05) is 18.3 Å². The smallest absolute Gasteiger partial charge is 0.313 e. The van der Waals surface area contributed by atoms with Crippen LogP contribution in [0, 0.1) is 0 Å². The summed E-state index contributed by atoms with van der Waals surface area (Å²) in [6, 6.07) is 7.22. The minimum atomic E-state index is -0.565. The highest BCUT2D eigenvalue weighted by Gasteiger charge is 2.29. The molecule has 0 saturated carbocycles. The van der Waals surface area contributed by atoms with E-state index in [1.807, 2.05) is 6.92 Å². The fraction of sp³-hybridized carbons (Fsp3) is 0.529.